The fraction of sp³-hybridized carbons (Fsp3) is 0.564. The maximum absolute atomic E-state index is 14.3. The van der Waals surface area contributed by atoms with E-state index in [0.29, 0.717) is 73.2 Å². The van der Waals surface area contributed by atoms with Crippen LogP contribution >= 0.6 is 23.2 Å². The van der Waals surface area contributed by atoms with Crippen LogP contribution in [0.3, 0.4) is 0 Å². The molecule has 1 aromatic heterocycles. The van der Waals surface area contributed by atoms with E-state index < -0.39 is 15.6 Å². The van der Waals surface area contributed by atoms with Crippen LogP contribution in [0.4, 0.5) is 0 Å². The number of rotatable bonds is 13. The number of aromatic nitrogens is 1. The molecule has 1 saturated heterocycles. The fourth-order valence-electron chi connectivity index (χ4n) is 7.63. The number of amides is 2. The van der Waals surface area contributed by atoms with E-state index in [1.54, 1.807) is 11.0 Å². The van der Waals surface area contributed by atoms with Crippen LogP contribution in [0.5, 0.6) is 5.75 Å². The molecule has 0 radical (unpaired) electrons. The zero-order chi connectivity index (χ0) is 38.9. The van der Waals surface area contributed by atoms with E-state index >= 15 is 0 Å². The molecule has 2 aliphatic rings. The highest BCUT2D eigenvalue weighted by molar-refractivity contribution is 7.89. The Bertz CT molecular complexity index is 1950. The van der Waals surface area contributed by atoms with Crippen LogP contribution in [0, 0.1) is 13.8 Å². The van der Waals surface area contributed by atoms with Crippen LogP contribution in [0.15, 0.2) is 41.3 Å². The third-order valence-corrected chi connectivity index (χ3v) is 13.0. The lowest BCUT2D eigenvalue weighted by Gasteiger charge is -2.42. The Morgan fingerprint density at radius 1 is 0.962 bits per heavy atom. The Morgan fingerprint density at radius 3 is 2.23 bits per heavy atom. The number of hydrogen-bond donors (Lipinski definition) is 1. The van der Waals surface area contributed by atoms with Gasteiger partial charge in [-0.1, -0.05) is 48.2 Å². The smallest absolute Gasteiger partial charge is 0.281 e. The maximum Gasteiger partial charge on any atom is 0.281 e. The molecule has 1 atom stereocenters. The summed E-state index contributed by atoms with van der Waals surface area (Å²) < 4.78 is 38.6. The monoisotopic (exact) mass is 790 g/mol. The number of carbonyl (C=O) groups excluding carboxylic acids is 2. The van der Waals surface area contributed by atoms with Crippen molar-refractivity contribution in [2.45, 2.75) is 75.5 Å². The summed E-state index contributed by atoms with van der Waals surface area (Å²) >= 11 is 13.4. The number of aryl methyl sites for hydroxylation is 2. The average molecular weight is 792 g/mol. The van der Waals surface area contributed by atoms with Gasteiger partial charge in [0.1, 0.15) is 28.3 Å². The fourth-order valence-corrected chi connectivity index (χ4v) is 9.94. The molecule has 14 heteroatoms. The SMILES string of the molecule is Cc1cc(C)c2cccc(OCc3c(Cl)ccc(S(=O)(=O)NC4(C(=O)N5CCN(C(=O)[C@H](CCC[N+](C)(C)C)[N+](C)(C)C)CC5)CCCC4)c3Cl)c2n1. The second-order valence-corrected chi connectivity index (χ2v) is 19.1. The average Bonchev–Trinajstić information content (AvgIpc) is 3.54. The molecule has 53 heavy (non-hydrogen) atoms. The maximum atomic E-state index is 14.3. The number of fused-ring (bicyclic) bond motifs is 1. The van der Waals surface area contributed by atoms with Crippen molar-refractivity contribution in [2.24, 2.45) is 0 Å². The van der Waals surface area contributed by atoms with Gasteiger partial charge in [-0.2, -0.15) is 4.72 Å². The van der Waals surface area contributed by atoms with Gasteiger partial charge < -0.3 is 23.5 Å². The molecule has 1 N–H and O–H groups in total. The van der Waals surface area contributed by atoms with Gasteiger partial charge in [0.05, 0.1) is 53.9 Å². The summed E-state index contributed by atoms with van der Waals surface area (Å²) in [7, 11) is 8.34. The van der Waals surface area contributed by atoms with Gasteiger partial charge in [-0.3, -0.25) is 9.59 Å². The largest absolute Gasteiger partial charge is 0.487 e. The summed E-state index contributed by atoms with van der Waals surface area (Å²) in [6.07, 6.45) is 3.86. The van der Waals surface area contributed by atoms with Gasteiger partial charge in [0, 0.05) is 60.7 Å². The highest BCUT2D eigenvalue weighted by atomic mass is 35.5. The molecule has 0 bridgehead atoms. The lowest BCUT2D eigenvalue weighted by atomic mass is 9.96. The minimum absolute atomic E-state index is 0.0634. The summed E-state index contributed by atoms with van der Waals surface area (Å²) in [4.78, 5) is 36.1. The number of sulfonamides is 1. The molecule has 2 heterocycles. The van der Waals surface area contributed by atoms with E-state index in [4.69, 9.17) is 27.9 Å². The van der Waals surface area contributed by atoms with E-state index in [9.17, 15) is 18.0 Å². The number of para-hydroxylation sites is 1. The zero-order valence-electron chi connectivity index (χ0n) is 32.5. The lowest BCUT2D eigenvalue weighted by Crippen LogP contribution is -2.63. The van der Waals surface area contributed by atoms with E-state index in [2.05, 4.69) is 52.0 Å². The van der Waals surface area contributed by atoms with Gasteiger partial charge in [-0.05, 0) is 56.5 Å². The predicted octanol–water partition coefficient (Wildman–Crippen LogP) is 5.56. The topological polar surface area (TPSA) is 109 Å². The minimum Gasteiger partial charge on any atom is -0.487 e. The number of quaternary nitrogens is 2. The number of nitrogens with one attached hydrogen (secondary N) is 1. The molecule has 2 aromatic carbocycles. The van der Waals surface area contributed by atoms with Crippen LogP contribution in [0.1, 0.15) is 55.3 Å². The van der Waals surface area contributed by atoms with Gasteiger partial charge >= 0.3 is 0 Å². The van der Waals surface area contributed by atoms with Gasteiger partial charge in [-0.15, -0.1) is 0 Å². The molecular weight excluding hydrogens is 735 g/mol. The predicted molar refractivity (Wildman–Crippen MR) is 211 cm³/mol. The summed E-state index contributed by atoms with van der Waals surface area (Å²) in [5, 5.41) is 1.14. The van der Waals surface area contributed by atoms with Crippen molar-refractivity contribution in [3.63, 3.8) is 0 Å². The summed E-state index contributed by atoms with van der Waals surface area (Å²) in [6.45, 7) is 6.28. The van der Waals surface area contributed by atoms with Crippen LogP contribution in [0.2, 0.25) is 10.0 Å². The first-order valence-electron chi connectivity index (χ1n) is 18.4. The second kappa shape index (κ2) is 16.0. The number of ether oxygens (including phenoxy) is 1. The molecule has 290 valence electrons. The summed E-state index contributed by atoms with van der Waals surface area (Å²) in [5.74, 6) is 0.360. The zero-order valence-corrected chi connectivity index (χ0v) is 34.8. The molecule has 3 aromatic rings. The lowest BCUT2D eigenvalue weighted by molar-refractivity contribution is -0.889. The van der Waals surface area contributed by atoms with Crippen molar-refractivity contribution in [1.82, 2.24) is 19.5 Å². The molecule has 1 saturated carbocycles. The van der Waals surface area contributed by atoms with E-state index in [1.807, 2.05) is 36.9 Å². The minimum atomic E-state index is -4.28. The Kier molecular flexibility index (Phi) is 12.4. The van der Waals surface area contributed by atoms with E-state index in [-0.39, 0.29) is 39.4 Å². The first kappa shape index (κ1) is 41.2. The number of nitrogens with zero attached hydrogens (tertiary/aromatic N) is 5. The van der Waals surface area contributed by atoms with Gasteiger partial charge in [0.2, 0.25) is 15.9 Å². The highest BCUT2D eigenvalue weighted by Gasteiger charge is 2.48. The summed E-state index contributed by atoms with van der Waals surface area (Å²) in [6, 6.07) is 10.3. The number of benzene rings is 2. The number of piperazine rings is 1. The first-order chi connectivity index (χ1) is 24.7. The Balaban J connectivity index is 1.30. The number of halogens is 2. The molecule has 11 nitrogen and oxygen atoms in total. The molecule has 5 rings (SSSR count). The van der Waals surface area contributed by atoms with Gasteiger partial charge in [-0.25, -0.2) is 13.4 Å². The number of likely N-dealkylation sites (N-methyl/N-ethyl adjacent to an activating group) is 1. The molecule has 1 aliphatic heterocycles. The van der Waals surface area contributed by atoms with Crippen molar-refractivity contribution < 1.29 is 31.7 Å². The Labute approximate surface area is 325 Å². The van der Waals surface area contributed by atoms with Crippen molar-refractivity contribution in [2.75, 3.05) is 75.0 Å². The number of carbonyl (C=O) groups is 2. The van der Waals surface area contributed by atoms with E-state index in [0.717, 1.165) is 40.5 Å². The third-order valence-electron chi connectivity index (χ3n) is 10.6. The normalized spacial score (nSPS) is 17.3. The van der Waals surface area contributed by atoms with Gasteiger partial charge in [0.25, 0.3) is 5.91 Å². The van der Waals surface area contributed by atoms with Crippen LogP contribution in [-0.2, 0) is 26.2 Å². The highest BCUT2D eigenvalue weighted by Crippen LogP contribution is 2.37. The third kappa shape index (κ3) is 9.45. The van der Waals surface area contributed by atoms with Crippen LogP contribution in [0.25, 0.3) is 10.9 Å². The molecule has 1 aliphatic carbocycles. The van der Waals surface area contributed by atoms with Crippen molar-refractivity contribution in [3.05, 3.63) is 63.3 Å². The van der Waals surface area contributed by atoms with E-state index in [1.165, 1.54) is 12.1 Å². The standard InChI is InChI=1S/C39H56Cl2N6O5S/c1-27-25-28(2)42-36-29(27)13-11-15-33(36)52-26-30-31(40)16-17-34(35(30)41)53(50,51)43-39(18-9-10-19-39)38(49)45-22-20-44(21-23-45)37(48)32(47(6,7)8)14-12-24-46(3,4)5/h11,13,15-17,25,32,43H,9-10,12,14,18-24,26H2,1-8H3/q+2/t32-/m0/s1. The number of hydrogen-bond acceptors (Lipinski definition) is 6. The Morgan fingerprint density at radius 2 is 1.60 bits per heavy atom. The van der Waals surface area contributed by atoms with Crippen molar-refractivity contribution in [1.29, 1.82) is 0 Å². The molecular formula is C39H56Cl2N6O5S+2. The summed E-state index contributed by atoms with van der Waals surface area (Å²) in [5.41, 5.74) is 1.61. The van der Waals surface area contributed by atoms with Crippen LogP contribution < -0.4 is 9.46 Å². The Hall–Kier alpha value is -3.00. The second-order valence-electron chi connectivity index (χ2n) is 16.7. The quantitative estimate of drug-likeness (QED) is 0.227. The van der Waals surface area contributed by atoms with Crippen LogP contribution in [-0.4, -0.2) is 131 Å². The molecule has 0 spiro atoms. The van der Waals surface area contributed by atoms with Crippen molar-refractivity contribution >= 4 is 55.9 Å². The number of pyridine rings is 1. The van der Waals surface area contributed by atoms with Gasteiger partial charge in [0.15, 0.2) is 6.04 Å². The first-order valence-corrected chi connectivity index (χ1v) is 20.7. The molecule has 2 fully saturated rings. The van der Waals surface area contributed by atoms with Crippen molar-refractivity contribution in [3.8, 4) is 5.75 Å². The molecule has 2 amide bonds. The molecule has 0 unspecified atom stereocenters.